The Labute approximate surface area is 193 Å². The van der Waals surface area contributed by atoms with E-state index in [1.54, 1.807) is 26.5 Å². The summed E-state index contributed by atoms with van der Waals surface area (Å²) in [6.07, 6.45) is 9.25. The number of hydrogen-bond acceptors (Lipinski definition) is 7. The van der Waals surface area contributed by atoms with Gasteiger partial charge in [-0.05, 0) is 40.3 Å². The van der Waals surface area contributed by atoms with Crippen LogP contribution in [0, 0.1) is 0 Å². The summed E-state index contributed by atoms with van der Waals surface area (Å²) in [5.41, 5.74) is 2.76. The molecular weight excluding hydrogens is 422 g/mol. The summed E-state index contributed by atoms with van der Waals surface area (Å²) in [4.78, 5) is 23.1. The zero-order valence-corrected chi connectivity index (χ0v) is 19.7. The van der Waals surface area contributed by atoms with Gasteiger partial charge in [-0.25, -0.2) is 14.3 Å². The molecule has 0 aromatic carbocycles. The molecule has 176 valence electrons. The number of fused-ring (bicyclic) bond motifs is 1. The van der Waals surface area contributed by atoms with E-state index in [0.29, 0.717) is 31.9 Å². The van der Waals surface area contributed by atoms with E-state index in [0.717, 1.165) is 35.2 Å². The second-order valence-electron chi connectivity index (χ2n) is 9.32. The lowest BCUT2D eigenvalue weighted by Crippen LogP contribution is -2.37. The van der Waals surface area contributed by atoms with Gasteiger partial charge in [0.2, 0.25) is 5.88 Å². The third-order valence-electron chi connectivity index (χ3n) is 5.43. The zero-order valence-electron chi connectivity index (χ0n) is 19.7. The van der Waals surface area contributed by atoms with Crippen LogP contribution in [0.1, 0.15) is 45.6 Å². The fraction of sp³-hybridized carbons (Fsp3) is 0.522. The molecule has 0 bridgehead atoms. The van der Waals surface area contributed by atoms with Gasteiger partial charge in [-0.3, -0.25) is 9.67 Å². The first kappa shape index (κ1) is 22.8. The number of nitrogens with zero attached hydrogens (tertiary/aromatic N) is 7. The highest BCUT2D eigenvalue weighted by molar-refractivity contribution is 5.68. The molecule has 1 aliphatic rings. The summed E-state index contributed by atoms with van der Waals surface area (Å²) >= 11 is 0. The second-order valence-corrected chi connectivity index (χ2v) is 9.32. The molecule has 4 rings (SSSR count). The molecule has 0 unspecified atom stereocenters. The predicted octanol–water partition coefficient (Wildman–Crippen LogP) is 3.50. The van der Waals surface area contributed by atoms with Crippen LogP contribution in [0.2, 0.25) is 0 Å². The number of aromatic nitrogens is 5. The van der Waals surface area contributed by atoms with Crippen molar-refractivity contribution in [1.82, 2.24) is 29.3 Å². The summed E-state index contributed by atoms with van der Waals surface area (Å²) in [6, 6.07) is 0. The highest BCUT2D eigenvalue weighted by atomic mass is 16.6. The molecule has 0 radical (unpaired) electrons. The van der Waals surface area contributed by atoms with Crippen molar-refractivity contribution in [3.05, 3.63) is 30.4 Å². The molecule has 0 N–H and O–H groups in total. The number of carbonyl (C=O) groups excluding carboxylic acids is 1. The standard InChI is InChI=1S/C23H31N7O3/c1-23(2,3)33-22(31)29-9-6-7-18(8-10-29)32-21-20-16(11-24-4)12-26-30(20)15-19(27-21)17-13-25-28(5)14-17/h12-15,18H,4,6-11H2,1-3,5H3/t18-/m1/s1. The fourth-order valence-corrected chi connectivity index (χ4v) is 3.90. The Balaban J connectivity index is 1.58. The van der Waals surface area contributed by atoms with Crippen molar-refractivity contribution in [3.8, 4) is 17.1 Å². The van der Waals surface area contributed by atoms with E-state index in [2.05, 4.69) is 21.9 Å². The molecule has 10 heteroatoms. The van der Waals surface area contributed by atoms with Crippen LogP contribution in [0.4, 0.5) is 4.79 Å². The Hall–Kier alpha value is -3.43. The topological polar surface area (TPSA) is 99.1 Å². The molecule has 3 aromatic heterocycles. The summed E-state index contributed by atoms with van der Waals surface area (Å²) in [7, 11) is 1.86. The van der Waals surface area contributed by atoms with E-state index in [1.165, 1.54) is 0 Å². The van der Waals surface area contributed by atoms with Gasteiger partial charge in [0, 0.05) is 43.9 Å². The van der Waals surface area contributed by atoms with Crippen molar-refractivity contribution < 1.29 is 14.3 Å². The normalized spacial score (nSPS) is 17.1. The molecule has 10 nitrogen and oxygen atoms in total. The average molecular weight is 454 g/mol. The van der Waals surface area contributed by atoms with Crippen LogP contribution in [0.5, 0.6) is 5.88 Å². The molecule has 1 atom stereocenters. The Kier molecular flexibility index (Phi) is 6.35. The van der Waals surface area contributed by atoms with Gasteiger partial charge in [0.25, 0.3) is 0 Å². The van der Waals surface area contributed by atoms with Crippen LogP contribution in [-0.2, 0) is 18.3 Å². The molecule has 1 fully saturated rings. The average Bonchev–Trinajstić information content (AvgIpc) is 3.27. The molecule has 0 aliphatic carbocycles. The van der Waals surface area contributed by atoms with Crippen molar-refractivity contribution in [3.63, 3.8) is 0 Å². The zero-order chi connectivity index (χ0) is 23.6. The molecule has 3 aromatic rings. The number of amides is 1. The summed E-state index contributed by atoms with van der Waals surface area (Å²) in [5.74, 6) is 0.503. The Morgan fingerprint density at radius 3 is 2.73 bits per heavy atom. The number of hydrogen-bond donors (Lipinski definition) is 0. The maximum atomic E-state index is 12.5. The third-order valence-corrected chi connectivity index (χ3v) is 5.43. The highest BCUT2D eigenvalue weighted by Crippen LogP contribution is 2.29. The second kappa shape index (κ2) is 9.21. The SMILES string of the molecule is C=NCc1cnn2cc(-c3cnn(C)c3)nc(O[C@@H]3CCCN(C(=O)OC(C)(C)C)CC3)c12. The number of rotatable bonds is 5. The summed E-state index contributed by atoms with van der Waals surface area (Å²) < 4.78 is 15.5. The minimum Gasteiger partial charge on any atom is -0.473 e. The lowest BCUT2D eigenvalue weighted by atomic mass is 10.1. The molecule has 33 heavy (non-hydrogen) atoms. The quantitative estimate of drug-likeness (QED) is 0.548. The lowest BCUT2D eigenvalue weighted by Gasteiger charge is -2.26. The highest BCUT2D eigenvalue weighted by Gasteiger charge is 2.27. The van der Waals surface area contributed by atoms with E-state index in [1.807, 2.05) is 40.2 Å². The predicted molar refractivity (Wildman–Crippen MR) is 125 cm³/mol. The minimum absolute atomic E-state index is 0.0858. The van der Waals surface area contributed by atoms with Gasteiger partial charge in [0.1, 0.15) is 17.2 Å². The van der Waals surface area contributed by atoms with E-state index in [-0.39, 0.29) is 12.2 Å². The van der Waals surface area contributed by atoms with Gasteiger partial charge in [-0.15, -0.1) is 0 Å². The van der Waals surface area contributed by atoms with Crippen LogP contribution in [0.3, 0.4) is 0 Å². The maximum Gasteiger partial charge on any atom is 0.410 e. The van der Waals surface area contributed by atoms with Crippen molar-refractivity contribution >= 4 is 18.3 Å². The van der Waals surface area contributed by atoms with Crippen LogP contribution in [-0.4, -0.2) is 66.9 Å². The number of carbonyl (C=O) groups is 1. The molecule has 0 spiro atoms. The molecule has 1 saturated heterocycles. The van der Waals surface area contributed by atoms with E-state index in [4.69, 9.17) is 14.5 Å². The Bertz CT molecular complexity index is 1140. The molecule has 0 saturated carbocycles. The van der Waals surface area contributed by atoms with Gasteiger partial charge in [0.05, 0.1) is 30.8 Å². The first-order valence-electron chi connectivity index (χ1n) is 11.2. The van der Waals surface area contributed by atoms with Crippen molar-refractivity contribution in [2.75, 3.05) is 13.1 Å². The monoisotopic (exact) mass is 453 g/mol. The Morgan fingerprint density at radius 2 is 2.03 bits per heavy atom. The molecule has 4 heterocycles. The van der Waals surface area contributed by atoms with Crippen LogP contribution < -0.4 is 4.74 Å². The first-order valence-corrected chi connectivity index (χ1v) is 11.2. The molecule has 1 aliphatic heterocycles. The van der Waals surface area contributed by atoms with Gasteiger partial charge >= 0.3 is 6.09 Å². The number of aryl methyl sites for hydroxylation is 1. The number of aliphatic imine (C=N–C) groups is 1. The number of ether oxygens (including phenoxy) is 2. The van der Waals surface area contributed by atoms with E-state index >= 15 is 0 Å². The number of likely N-dealkylation sites (tertiary alicyclic amines) is 1. The lowest BCUT2D eigenvalue weighted by molar-refractivity contribution is 0.0252. The maximum absolute atomic E-state index is 12.5. The van der Waals surface area contributed by atoms with E-state index < -0.39 is 5.60 Å². The van der Waals surface area contributed by atoms with Crippen LogP contribution >= 0.6 is 0 Å². The van der Waals surface area contributed by atoms with Gasteiger partial charge in [-0.2, -0.15) is 10.2 Å². The smallest absolute Gasteiger partial charge is 0.410 e. The Morgan fingerprint density at radius 1 is 1.21 bits per heavy atom. The van der Waals surface area contributed by atoms with Crippen molar-refractivity contribution in [1.29, 1.82) is 0 Å². The van der Waals surface area contributed by atoms with Gasteiger partial charge in [0.15, 0.2) is 0 Å². The third kappa shape index (κ3) is 5.32. The molecule has 1 amide bonds. The summed E-state index contributed by atoms with van der Waals surface area (Å²) in [5, 5.41) is 8.73. The fourth-order valence-electron chi connectivity index (χ4n) is 3.90. The van der Waals surface area contributed by atoms with Crippen LogP contribution in [0.25, 0.3) is 16.8 Å². The molecular formula is C23H31N7O3. The van der Waals surface area contributed by atoms with Gasteiger partial charge < -0.3 is 14.4 Å². The summed E-state index contributed by atoms with van der Waals surface area (Å²) in [6.45, 7) is 10.9. The van der Waals surface area contributed by atoms with Gasteiger partial charge in [-0.1, -0.05) is 0 Å². The minimum atomic E-state index is -0.515. The van der Waals surface area contributed by atoms with Crippen LogP contribution in [0.15, 0.2) is 29.8 Å². The van der Waals surface area contributed by atoms with Crippen molar-refractivity contribution in [2.45, 2.75) is 58.3 Å². The van der Waals surface area contributed by atoms with E-state index in [9.17, 15) is 4.79 Å². The first-order chi connectivity index (χ1) is 15.7. The van der Waals surface area contributed by atoms with Crippen molar-refractivity contribution in [2.24, 2.45) is 12.0 Å². The largest absolute Gasteiger partial charge is 0.473 e.